The number of hydrogen-bond donors (Lipinski definition) is 1. The molecule has 0 unspecified atom stereocenters. The molecule has 0 saturated heterocycles. The molecule has 3 heteroatoms. The van der Waals surface area contributed by atoms with Crippen molar-refractivity contribution >= 4 is 10.9 Å². The van der Waals surface area contributed by atoms with E-state index in [1.807, 2.05) is 31.4 Å². The second-order valence-electron chi connectivity index (χ2n) is 4.11. The van der Waals surface area contributed by atoms with Gasteiger partial charge in [0.2, 0.25) is 0 Å². The Hall–Kier alpha value is -1.51. The van der Waals surface area contributed by atoms with Crippen molar-refractivity contribution < 1.29 is 9.50 Å². The fraction of sp³-hybridized carbons (Fsp3) is 0.333. The number of aromatic hydroxyl groups is 1. The van der Waals surface area contributed by atoms with Gasteiger partial charge in [0.15, 0.2) is 5.82 Å². The topological polar surface area (TPSA) is 25.2 Å². The summed E-state index contributed by atoms with van der Waals surface area (Å²) < 4.78 is 15.6. The highest BCUT2D eigenvalue weighted by molar-refractivity contribution is 5.83. The summed E-state index contributed by atoms with van der Waals surface area (Å²) in [4.78, 5) is 0. The Kier molecular flexibility index (Phi) is 2.18. The molecule has 0 atom stereocenters. The summed E-state index contributed by atoms with van der Waals surface area (Å²) in [5.74, 6) is -0.396. The highest BCUT2D eigenvalue weighted by Gasteiger charge is 2.13. The monoisotopic (exact) mass is 207 g/mol. The molecule has 1 heterocycles. The summed E-state index contributed by atoms with van der Waals surface area (Å²) in [6.07, 6.45) is 0. The fourth-order valence-electron chi connectivity index (χ4n) is 2.11. The number of benzene rings is 1. The number of phenolic OH excluding ortho intramolecular Hbond substituents is 1. The maximum atomic E-state index is 13.7. The van der Waals surface area contributed by atoms with E-state index in [9.17, 15) is 9.50 Å². The Bertz CT molecular complexity index is 514. The van der Waals surface area contributed by atoms with E-state index in [2.05, 4.69) is 0 Å². The smallest absolute Gasteiger partial charge is 0.151 e. The molecule has 0 aliphatic rings. The first-order valence-electron chi connectivity index (χ1n) is 5.00. The third kappa shape index (κ3) is 1.48. The molecule has 15 heavy (non-hydrogen) atoms. The van der Waals surface area contributed by atoms with Gasteiger partial charge in [0.1, 0.15) is 5.75 Å². The van der Waals surface area contributed by atoms with Crippen LogP contribution in [0.5, 0.6) is 5.75 Å². The van der Waals surface area contributed by atoms with Gasteiger partial charge < -0.3 is 9.67 Å². The molecular formula is C12H14FNO. The van der Waals surface area contributed by atoms with E-state index in [4.69, 9.17) is 0 Å². The lowest BCUT2D eigenvalue weighted by Crippen LogP contribution is -2.03. The molecule has 0 amide bonds. The number of aryl methyl sites for hydroxylation is 1. The molecule has 2 rings (SSSR count). The molecular weight excluding hydrogens is 193 g/mol. The van der Waals surface area contributed by atoms with E-state index in [0.717, 1.165) is 17.1 Å². The highest BCUT2D eigenvalue weighted by atomic mass is 19.1. The van der Waals surface area contributed by atoms with Crippen LogP contribution in [0.25, 0.3) is 10.9 Å². The lowest BCUT2D eigenvalue weighted by Gasteiger charge is -2.12. The average Bonchev–Trinajstić information content (AvgIpc) is 2.40. The molecule has 0 saturated carbocycles. The minimum Gasteiger partial charge on any atom is -0.508 e. The van der Waals surface area contributed by atoms with Crippen molar-refractivity contribution in [2.45, 2.75) is 26.8 Å². The zero-order valence-electron chi connectivity index (χ0n) is 9.08. The molecule has 80 valence electrons. The van der Waals surface area contributed by atoms with Gasteiger partial charge in [-0.2, -0.15) is 0 Å². The summed E-state index contributed by atoms with van der Waals surface area (Å²) in [5, 5.41) is 10.0. The van der Waals surface area contributed by atoms with Crippen LogP contribution < -0.4 is 0 Å². The van der Waals surface area contributed by atoms with Gasteiger partial charge in [0, 0.05) is 23.2 Å². The van der Waals surface area contributed by atoms with Crippen molar-refractivity contribution in [3.8, 4) is 5.75 Å². The van der Waals surface area contributed by atoms with Crippen LogP contribution >= 0.6 is 0 Å². The van der Waals surface area contributed by atoms with Crippen LogP contribution in [0.4, 0.5) is 4.39 Å². The van der Waals surface area contributed by atoms with E-state index < -0.39 is 0 Å². The first kappa shape index (κ1) is 10.0. The molecule has 0 fully saturated rings. The normalized spacial score (nSPS) is 11.5. The van der Waals surface area contributed by atoms with Crippen molar-refractivity contribution in [3.63, 3.8) is 0 Å². The first-order chi connectivity index (χ1) is 7.00. The van der Waals surface area contributed by atoms with Crippen molar-refractivity contribution in [2.75, 3.05) is 0 Å². The van der Waals surface area contributed by atoms with Crippen LogP contribution in [0, 0.1) is 12.7 Å². The van der Waals surface area contributed by atoms with Crippen LogP contribution in [-0.2, 0) is 0 Å². The molecule has 2 nitrogen and oxygen atoms in total. The van der Waals surface area contributed by atoms with Crippen molar-refractivity contribution in [1.29, 1.82) is 0 Å². The Morgan fingerprint density at radius 1 is 1.27 bits per heavy atom. The van der Waals surface area contributed by atoms with Gasteiger partial charge in [-0.3, -0.25) is 0 Å². The van der Waals surface area contributed by atoms with Crippen LogP contribution in [0.15, 0.2) is 18.2 Å². The SMILES string of the molecule is Cc1cc2cc(O)cc(F)c2n1C(C)C. The Labute approximate surface area is 88.0 Å². The summed E-state index contributed by atoms with van der Waals surface area (Å²) in [7, 11) is 0. The summed E-state index contributed by atoms with van der Waals surface area (Å²) in [6.45, 7) is 5.97. The number of hydrogen-bond acceptors (Lipinski definition) is 1. The van der Waals surface area contributed by atoms with E-state index >= 15 is 0 Å². The third-order valence-corrected chi connectivity index (χ3v) is 2.58. The van der Waals surface area contributed by atoms with Crippen LogP contribution in [0.3, 0.4) is 0 Å². The zero-order chi connectivity index (χ0) is 11.2. The molecule has 1 aromatic carbocycles. The number of aromatic nitrogens is 1. The maximum Gasteiger partial charge on any atom is 0.151 e. The standard InChI is InChI=1S/C12H14FNO/c1-7(2)14-8(3)4-9-5-10(15)6-11(13)12(9)14/h4-7,15H,1-3H3. The second kappa shape index (κ2) is 3.26. The minimum atomic E-state index is -0.369. The molecule has 0 spiro atoms. The maximum absolute atomic E-state index is 13.7. The lowest BCUT2D eigenvalue weighted by molar-refractivity contribution is 0.470. The van der Waals surface area contributed by atoms with E-state index in [0.29, 0.717) is 5.52 Å². The Morgan fingerprint density at radius 3 is 2.53 bits per heavy atom. The van der Waals surface area contributed by atoms with Crippen molar-refractivity contribution in [2.24, 2.45) is 0 Å². The van der Waals surface area contributed by atoms with Crippen LogP contribution in [-0.4, -0.2) is 9.67 Å². The number of rotatable bonds is 1. The number of phenols is 1. The van der Waals surface area contributed by atoms with E-state index in [1.54, 1.807) is 6.07 Å². The second-order valence-corrected chi connectivity index (χ2v) is 4.11. The molecule has 2 aromatic rings. The molecule has 0 aliphatic heterocycles. The fourth-order valence-corrected chi connectivity index (χ4v) is 2.11. The zero-order valence-corrected chi connectivity index (χ0v) is 9.08. The van der Waals surface area contributed by atoms with Gasteiger partial charge in [-0.05, 0) is 32.9 Å². The van der Waals surface area contributed by atoms with E-state index in [-0.39, 0.29) is 17.6 Å². The van der Waals surface area contributed by atoms with Crippen LogP contribution in [0.2, 0.25) is 0 Å². The van der Waals surface area contributed by atoms with Gasteiger partial charge in [-0.25, -0.2) is 4.39 Å². The summed E-state index contributed by atoms with van der Waals surface area (Å²) in [5.41, 5.74) is 1.57. The summed E-state index contributed by atoms with van der Waals surface area (Å²) in [6, 6.07) is 4.84. The van der Waals surface area contributed by atoms with E-state index in [1.165, 1.54) is 0 Å². The molecule has 1 N–H and O–H groups in total. The average molecular weight is 207 g/mol. The van der Waals surface area contributed by atoms with Gasteiger partial charge in [-0.15, -0.1) is 0 Å². The Balaban J connectivity index is 2.87. The van der Waals surface area contributed by atoms with Crippen molar-refractivity contribution in [3.05, 3.63) is 29.7 Å². The predicted octanol–water partition coefficient (Wildman–Crippen LogP) is 3.38. The van der Waals surface area contributed by atoms with Gasteiger partial charge in [0.05, 0.1) is 5.52 Å². The number of halogens is 1. The molecule has 0 radical (unpaired) electrons. The summed E-state index contributed by atoms with van der Waals surface area (Å²) >= 11 is 0. The quantitative estimate of drug-likeness (QED) is 0.762. The molecule has 0 aliphatic carbocycles. The van der Waals surface area contributed by atoms with Gasteiger partial charge in [0.25, 0.3) is 0 Å². The van der Waals surface area contributed by atoms with Gasteiger partial charge >= 0.3 is 0 Å². The van der Waals surface area contributed by atoms with Gasteiger partial charge in [-0.1, -0.05) is 0 Å². The largest absolute Gasteiger partial charge is 0.508 e. The molecule has 1 aromatic heterocycles. The van der Waals surface area contributed by atoms with Crippen LogP contribution in [0.1, 0.15) is 25.6 Å². The molecule has 0 bridgehead atoms. The third-order valence-electron chi connectivity index (χ3n) is 2.58. The number of fused-ring (bicyclic) bond motifs is 1. The first-order valence-corrected chi connectivity index (χ1v) is 5.00. The predicted molar refractivity (Wildman–Crippen MR) is 58.7 cm³/mol. The Morgan fingerprint density at radius 2 is 1.93 bits per heavy atom. The number of nitrogens with zero attached hydrogens (tertiary/aromatic N) is 1. The van der Waals surface area contributed by atoms with Crippen molar-refractivity contribution in [1.82, 2.24) is 4.57 Å². The lowest BCUT2D eigenvalue weighted by atomic mass is 10.2. The highest BCUT2D eigenvalue weighted by Crippen LogP contribution is 2.29. The minimum absolute atomic E-state index is 0.0269.